The normalized spacial score (nSPS) is 8.50. The van der Waals surface area contributed by atoms with E-state index in [0.29, 0.717) is 18.4 Å². The van der Waals surface area contributed by atoms with E-state index < -0.39 is 0 Å². The van der Waals surface area contributed by atoms with Crippen molar-refractivity contribution >= 4 is 5.97 Å². The first kappa shape index (κ1) is 11.9. The Morgan fingerprint density at radius 2 is 2.00 bits per heavy atom. The van der Waals surface area contributed by atoms with E-state index in [1.807, 2.05) is 0 Å². The van der Waals surface area contributed by atoms with E-state index in [-0.39, 0.29) is 5.97 Å². The second kappa shape index (κ2) is 6.32. The number of benzene rings is 1. The first-order valence-corrected chi connectivity index (χ1v) is 4.88. The lowest BCUT2D eigenvalue weighted by molar-refractivity contribution is 0.0601. The molecule has 0 aromatic heterocycles. The molecule has 0 aliphatic carbocycles. The van der Waals surface area contributed by atoms with Gasteiger partial charge in [-0.1, -0.05) is 11.8 Å². The van der Waals surface area contributed by atoms with E-state index in [1.54, 1.807) is 24.3 Å². The molecule has 2 nitrogen and oxygen atoms in total. The SMILES string of the molecule is C#CCCC#Cc1ccc(C(=O)OC)cc1. The van der Waals surface area contributed by atoms with Crippen molar-refractivity contribution in [3.8, 4) is 24.2 Å². The van der Waals surface area contributed by atoms with Crippen molar-refractivity contribution in [2.45, 2.75) is 12.8 Å². The fraction of sp³-hybridized carbons (Fsp3) is 0.214. The number of hydrogen-bond acceptors (Lipinski definition) is 2. The Morgan fingerprint density at radius 1 is 1.31 bits per heavy atom. The number of carbonyl (C=O) groups excluding carboxylic acids is 1. The number of methoxy groups -OCH3 is 1. The Bertz CT molecular complexity index is 452. The molecule has 0 atom stereocenters. The standard InChI is InChI=1S/C14H12O2/c1-3-4-5-6-7-12-8-10-13(11-9-12)14(15)16-2/h1,8-11H,4-5H2,2H3. The molecule has 2 heteroatoms. The van der Waals surface area contributed by atoms with Gasteiger partial charge in [0.15, 0.2) is 0 Å². The van der Waals surface area contributed by atoms with Gasteiger partial charge in [-0.05, 0) is 24.3 Å². The van der Waals surface area contributed by atoms with Gasteiger partial charge in [0.1, 0.15) is 0 Å². The van der Waals surface area contributed by atoms with Gasteiger partial charge in [0.05, 0.1) is 12.7 Å². The second-order valence-electron chi connectivity index (χ2n) is 3.07. The average Bonchev–Trinajstić information content (AvgIpc) is 2.34. The van der Waals surface area contributed by atoms with Gasteiger partial charge in [-0.25, -0.2) is 4.79 Å². The zero-order chi connectivity index (χ0) is 11.8. The van der Waals surface area contributed by atoms with E-state index in [0.717, 1.165) is 5.56 Å². The van der Waals surface area contributed by atoms with Crippen molar-refractivity contribution in [2.24, 2.45) is 0 Å². The van der Waals surface area contributed by atoms with Gasteiger partial charge in [0.2, 0.25) is 0 Å². The van der Waals surface area contributed by atoms with Crippen molar-refractivity contribution in [3.05, 3.63) is 35.4 Å². The summed E-state index contributed by atoms with van der Waals surface area (Å²) in [6.45, 7) is 0. The molecule has 0 bridgehead atoms. The van der Waals surface area contributed by atoms with Crippen LogP contribution in [-0.2, 0) is 4.74 Å². The van der Waals surface area contributed by atoms with Crippen molar-refractivity contribution in [1.82, 2.24) is 0 Å². The van der Waals surface area contributed by atoms with Crippen LogP contribution in [-0.4, -0.2) is 13.1 Å². The lowest BCUT2D eigenvalue weighted by atomic mass is 10.1. The van der Waals surface area contributed by atoms with E-state index in [9.17, 15) is 4.79 Å². The molecular weight excluding hydrogens is 200 g/mol. The molecule has 0 saturated heterocycles. The number of rotatable bonds is 2. The van der Waals surface area contributed by atoms with Crippen LogP contribution in [0, 0.1) is 24.2 Å². The molecule has 1 rings (SSSR count). The summed E-state index contributed by atoms with van der Waals surface area (Å²) >= 11 is 0. The molecule has 0 aliphatic heterocycles. The molecule has 80 valence electrons. The summed E-state index contributed by atoms with van der Waals surface area (Å²) in [5.41, 5.74) is 1.39. The highest BCUT2D eigenvalue weighted by Gasteiger charge is 2.02. The third kappa shape index (κ3) is 3.52. The fourth-order valence-corrected chi connectivity index (χ4v) is 1.11. The molecule has 0 fully saturated rings. The van der Waals surface area contributed by atoms with E-state index in [1.165, 1.54) is 7.11 Å². The summed E-state index contributed by atoms with van der Waals surface area (Å²) in [7, 11) is 1.36. The summed E-state index contributed by atoms with van der Waals surface area (Å²) in [6.07, 6.45) is 6.46. The number of carbonyl (C=O) groups is 1. The maximum Gasteiger partial charge on any atom is 0.337 e. The van der Waals surface area contributed by atoms with Crippen LogP contribution >= 0.6 is 0 Å². The van der Waals surface area contributed by atoms with Crippen molar-refractivity contribution in [3.63, 3.8) is 0 Å². The monoisotopic (exact) mass is 212 g/mol. The summed E-state index contributed by atoms with van der Waals surface area (Å²) in [4.78, 5) is 11.1. The van der Waals surface area contributed by atoms with Crippen molar-refractivity contribution in [2.75, 3.05) is 7.11 Å². The quantitative estimate of drug-likeness (QED) is 0.427. The predicted octanol–water partition coefficient (Wildman–Crippen LogP) is 2.24. The third-order valence-corrected chi connectivity index (χ3v) is 1.93. The molecule has 1 aromatic rings. The number of esters is 1. The lowest BCUT2D eigenvalue weighted by Gasteiger charge is -1.97. The number of terminal acetylenes is 1. The fourth-order valence-electron chi connectivity index (χ4n) is 1.11. The van der Waals surface area contributed by atoms with Gasteiger partial charge in [0.25, 0.3) is 0 Å². The zero-order valence-corrected chi connectivity index (χ0v) is 9.12. The highest BCUT2D eigenvalue weighted by molar-refractivity contribution is 5.89. The summed E-state index contributed by atoms with van der Waals surface area (Å²) in [6, 6.07) is 6.96. The molecule has 16 heavy (non-hydrogen) atoms. The Morgan fingerprint density at radius 3 is 2.56 bits per heavy atom. The van der Waals surface area contributed by atoms with Crippen molar-refractivity contribution < 1.29 is 9.53 Å². The molecular formula is C14H12O2. The van der Waals surface area contributed by atoms with Gasteiger partial charge in [-0.3, -0.25) is 0 Å². The number of ether oxygens (including phenoxy) is 1. The Hall–Kier alpha value is -2.19. The van der Waals surface area contributed by atoms with Crippen LogP contribution in [0.5, 0.6) is 0 Å². The maximum atomic E-state index is 11.1. The topological polar surface area (TPSA) is 26.3 Å². The Labute approximate surface area is 95.6 Å². The largest absolute Gasteiger partial charge is 0.465 e. The molecule has 0 saturated carbocycles. The van der Waals surface area contributed by atoms with Gasteiger partial charge < -0.3 is 4.74 Å². The molecule has 0 amide bonds. The Kier molecular flexibility index (Phi) is 4.70. The van der Waals surface area contributed by atoms with E-state index in [2.05, 4.69) is 22.5 Å². The summed E-state index contributed by atoms with van der Waals surface area (Å²) in [5.74, 6) is 8.10. The van der Waals surface area contributed by atoms with Gasteiger partial charge in [-0.15, -0.1) is 12.3 Å². The van der Waals surface area contributed by atoms with Gasteiger partial charge >= 0.3 is 5.97 Å². The average molecular weight is 212 g/mol. The van der Waals surface area contributed by atoms with E-state index >= 15 is 0 Å². The lowest BCUT2D eigenvalue weighted by Crippen LogP contribution is -2.00. The smallest absolute Gasteiger partial charge is 0.337 e. The highest BCUT2D eigenvalue weighted by Crippen LogP contribution is 2.04. The van der Waals surface area contributed by atoms with Crippen LogP contribution in [0.15, 0.2) is 24.3 Å². The van der Waals surface area contributed by atoms with Crippen LogP contribution in [0.1, 0.15) is 28.8 Å². The zero-order valence-electron chi connectivity index (χ0n) is 9.12. The number of hydrogen-bond donors (Lipinski definition) is 0. The highest BCUT2D eigenvalue weighted by atomic mass is 16.5. The van der Waals surface area contributed by atoms with Gasteiger partial charge in [-0.2, -0.15) is 0 Å². The molecule has 0 radical (unpaired) electrons. The van der Waals surface area contributed by atoms with Crippen LogP contribution in [0.4, 0.5) is 0 Å². The molecule has 0 aliphatic rings. The molecule has 1 aromatic carbocycles. The first-order chi connectivity index (χ1) is 7.77. The molecule has 0 heterocycles. The second-order valence-corrected chi connectivity index (χ2v) is 3.07. The minimum Gasteiger partial charge on any atom is -0.465 e. The molecule has 0 unspecified atom stereocenters. The first-order valence-electron chi connectivity index (χ1n) is 4.88. The minimum absolute atomic E-state index is 0.341. The molecule has 0 N–H and O–H groups in total. The van der Waals surface area contributed by atoms with Crippen LogP contribution in [0.3, 0.4) is 0 Å². The van der Waals surface area contributed by atoms with Crippen LogP contribution in [0.25, 0.3) is 0 Å². The third-order valence-electron chi connectivity index (χ3n) is 1.93. The van der Waals surface area contributed by atoms with E-state index in [4.69, 9.17) is 6.42 Å². The predicted molar refractivity (Wildman–Crippen MR) is 62.7 cm³/mol. The van der Waals surface area contributed by atoms with Gasteiger partial charge in [0, 0.05) is 18.4 Å². The van der Waals surface area contributed by atoms with Crippen molar-refractivity contribution in [1.29, 1.82) is 0 Å². The maximum absolute atomic E-state index is 11.1. The van der Waals surface area contributed by atoms with Crippen LogP contribution in [0.2, 0.25) is 0 Å². The minimum atomic E-state index is -0.341. The summed E-state index contributed by atoms with van der Waals surface area (Å²) < 4.78 is 4.59. The Balaban J connectivity index is 2.67. The number of unbranched alkanes of at least 4 members (excludes halogenated alkanes) is 1. The van der Waals surface area contributed by atoms with Crippen LogP contribution < -0.4 is 0 Å². The molecule has 0 spiro atoms. The summed E-state index contributed by atoms with van der Waals surface area (Å²) in [5, 5.41) is 0.